The van der Waals surface area contributed by atoms with Gasteiger partial charge in [0.1, 0.15) is 0 Å². The lowest BCUT2D eigenvalue weighted by atomic mass is 10.0. The van der Waals surface area contributed by atoms with Crippen LogP contribution in [0.3, 0.4) is 0 Å². The van der Waals surface area contributed by atoms with Gasteiger partial charge in [-0.15, -0.1) is 0 Å². The highest BCUT2D eigenvalue weighted by atomic mass is 15.2. The minimum absolute atomic E-state index is 0.728. The van der Waals surface area contributed by atoms with Gasteiger partial charge in [0, 0.05) is 25.2 Å². The van der Waals surface area contributed by atoms with E-state index in [-0.39, 0.29) is 0 Å². The van der Waals surface area contributed by atoms with E-state index < -0.39 is 0 Å². The van der Waals surface area contributed by atoms with Crippen LogP contribution in [0.5, 0.6) is 0 Å². The summed E-state index contributed by atoms with van der Waals surface area (Å²) in [7, 11) is 0. The van der Waals surface area contributed by atoms with Crippen molar-refractivity contribution in [1.29, 1.82) is 0 Å². The Morgan fingerprint density at radius 1 is 1.21 bits per heavy atom. The first-order chi connectivity index (χ1) is 9.24. The molecule has 1 atom stereocenters. The average molecular weight is 258 g/mol. The van der Waals surface area contributed by atoms with Gasteiger partial charge in [-0.1, -0.05) is 18.2 Å². The van der Waals surface area contributed by atoms with E-state index >= 15 is 0 Å². The van der Waals surface area contributed by atoms with Crippen LogP contribution in [0, 0.1) is 13.8 Å². The Morgan fingerprint density at radius 3 is 2.74 bits per heavy atom. The van der Waals surface area contributed by atoms with E-state index in [0.717, 1.165) is 18.6 Å². The molecule has 1 unspecified atom stereocenters. The van der Waals surface area contributed by atoms with E-state index in [2.05, 4.69) is 42.3 Å². The first-order valence-electron chi connectivity index (χ1n) is 7.76. The number of hydrogen-bond acceptors (Lipinski definition) is 2. The number of rotatable bonds is 5. The second-order valence-electron chi connectivity index (χ2n) is 6.31. The minimum Gasteiger partial charge on any atom is -0.313 e. The molecule has 0 spiro atoms. The molecule has 1 heterocycles. The van der Waals surface area contributed by atoms with Gasteiger partial charge >= 0.3 is 0 Å². The highest BCUT2D eigenvalue weighted by molar-refractivity contribution is 5.33. The summed E-state index contributed by atoms with van der Waals surface area (Å²) >= 11 is 0. The number of nitrogens with zero attached hydrogens (tertiary/aromatic N) is 1. The minimum atomic E-state index is 0.728. The Kier molecular flexibility index (Phi) is 3.90. The van der Waals surface area contributed by atoms with Crippen LogP contribution in [0.15, 0.2) is 18.2 Å². The quantitative estimate of drug-likeness (QED) is 0.873. The van der Waals surface area contributed by atoms with Gasteiger partial charge < -0.3 is 5.32 Å². The summed E-state index contributed by atoms with van der Waals surface area (Å²) in [6.07, 6.45) is 5.51. The molecule has 0 radical (unpaired) electrons. The van der Waals surface area contributed by atoms with Gasteiger partial charge in [0.2, 0.25) is 0 Å². The standard InChI is InChI=1S/C17H26N2/c1-13-5-3-6-15(14(13)2)11-19(17-8-9-17)12-16-7-4-10-18-16/h3,5-6,16-18H,4,7-12H2,1-2H3. The molecular weight excluding hydrogens is 232 g/mol. The summed E-state index contributed by atoms with van der Waals surface area (Å²) in [5.41, 5.74) is 4.42. The predicted molar refractivity (Wildman–Crippen MR) is 80.4 cm³/mol. The Hall–Kier alpha value is -0.860. The summed E-state index contributed by atoms with van der Waals surface area (Å²) in [6, 6.07) is 8.31. The molecule has 1 N–H and O–H groups in total. The number of nitrogens with one attached hydrogen (secondary N) is 1. The van der Waals surface area contributed by atoms with Crippen molar-refractivity contribution < 1.29 is 0 Å². The molecule has 1 aliphatic heterocycles. The molecule has 104 valence electrons. The Balaban J connectivity index is 1.68. The molecule has 0 bridgehead atoms. The van der Waals surface area contributed by atoms with E-state index in [9.17, 15) is 0 Å². The number of hydrogen-bond donors (Lipinski definition) is 1. The summed E-state index contributed by atoms with van der Waals surface area (Å²) < 4.78 is 0. The zero-order valence-corrected chi connectivity index (χ0v) is 12.3. The van der Waals surface area contributed by atoms with Crippen molar-refractivity contribution in [2.24, 2.45) is 0 Å². The average Bonchev–Trinajstić information content (AvgIpc) is 3.13. The topological polar surface area (TPSA) is 15.3 Å². The molecule has 0 amide bonds. The zero-order chi connectivity index (χ0) is 13.2. The van der Waals surface area contributed by atoms with Gasteiger partial charge in [-0.2, -0.15) is 0 Å². The van der Waals surface area contributed by atoms with Gasteiger partial charge in [-0.3, -0.25) is 4.90 Å². The maximum absolute atomic E-state index is 3.64. The molecule has 1 saturated heterocycles. The monoisotopic (exact) mass is 258 g/mol. The predicted octanol–water partition coefficient (Wildman–Crippen LogP) is 3.02. The third-order valence-corrected chi connectivity index (χ3v) is 4.77. The lowest BCUT2D eigenvalue weighted by Gasteiger charge is -2.26. The second kappa shape index (κ2) is 5.64. The van der Waals surface area contributed by atoms with Crippen molar-refractivity contribution in [3.8, 4) is 0 Å². The molecule has 3 rings (SSSR count). The third-order valence-electron chi connectivity index (χ3n) is 4.77. The van der Waals surface area contributed by atoms with Crippen LogP contribution >= 0.6 is 0 Å². The van der Waals surface area contributed by atoms with Crippen LogP contribution in [0.25, 0.3) is 0 Å². The van der Waals surface area contributed by atoms with Crippen LogP contribution < -0.4 is 5.32 Å². The molecule has 19 heavy (non-hydrogen) atoms. The Labute approximate surface area is 117 Å². The molecule has 1 aromatic rings. The van der Waals surface area contributed by atoms with Crippen LogP contribution in [0.1, 0.15) is 42.4 Å². The fourth-order valence-electron chi connectivity index (χ4n) is 3.18. The summed E-state index contributed by atoms with van der Waals surface area (Å²) in [6.45, 7) is 8.07. The van der Waals surface area contributed by atoms with Gasteiger partial charge in [0.05, 0.1) is 0 Å². The van der Waals surface area contributed by atoms with Crippen molar-refractivity contribution in [2.45, 2.75) is 58.2 Å². The third kappa shape index (κ3) is 3.18. The van der Waals surface area contributed by atoms with E-state index in [1.165, 1.54) is 55.5 Å². The second-order valence-corrected chi connectivity index (χ2v) is 6.31. The van der Waals surface area contributed by atoms with Crippen LogP contribution in [-0.2, 0) is 6.54 Å². The molecule has 2 aliphatic rings. The van der Waals surface area contributed by atoms with Crippen LogP contribution in [0.4, 0.5) is 0 Å². The van der Waals surface area contributed by atoms with Crippen molar-refractivity contribution >= 4 is 0 Å². The molecule has 2 heteroatoms. The van der Waals surface area contributed by atoms with Crippen molar-refractivity contribution in [3.05, 3.63) is 34.9 Å². The Bertz CT molecular complexity index is 431. The summed E-state index contributed by atoms with van der Waals surface area (Å²) in [5, 5.41) is 3.64. The van der Waals surface area contributed by atoms with Crippen molar-refractivity contribution in [1.82, 2.24) is 10.2 Å². The SMILES string of the molecule is Cc1cccc(CN(CC2CCCN2)C2CC2)c1C. The van der Waals surface area contributed by atoms with Gasteiger partial charge in [-0.05, 0) is 62.8 Å². The van der Waals surface area contributed by atoms with Gasteiger partial charge in [0.25, 0.3) is 0 Å². The van der Waals surface area contributed by atoms with Crippen molar-refractivity contribution in [3.63, 3.8) is 0 Å². The van der Waals surface area contributed by atoms with E-state index in [1.54, 1.807) is 0 Å². The summed E-state index contributed by atoms with van der Waals surface area (Å²) in [4.78, 5) is 2.71. The molecule has 0 aromatic heterocycles. The Morgan fingerprint density at radius 2 is 2.05 bits per heavy atom. The maximum Gasteiger partial charge on any atom is 0.0240 e. The highest BCUT2D eigenvalue weighted by Crippen LogP contribution is 2.30. The van der Waals surface area contributed by atoms with Crippen LogP contribution in [-0.4, -0.2) is 30.1 Å². The maximum atomic E-state index is 3.64. The number of aryl methyl sites for hydroxylation is 1. The highest BCUT2D eigenvalue weighted by Gasteiger charge is 2.31. The fourth-order valence-corrected chi connectivity index (χ4v) is 3.18. The lowest BCUT2D eigenvalue weighted by molar-refractivity contribution is 0.230. The largest absolute Gasteiger partial charge is 0.313 e. The lowest BCUT2D eigenvalue weighted by Crippen LogP contribution is -2.38. The zero-order valence-electron chi connectivity index (χ0n) is 12.3. The van der Waals surface area contributed by atoms with E-state index in [4.69, 9.17) is 0 Å². The molecule has 2 fully saturated rings. The normalized spacial score (nSPS) is 23.2. The smallest absolute Gasteiger partial charge is 0.0240 e. The van der Waals surface area contributed by atoms with Crippen LogP contribution in [0.2, 0.25) is 0 Å². The van der Waals surface area contributed by atoms with Gasteiger partial charge in [-0.25, -0.2) is 0 Å². The summed E-state index contributed by atoms with van der Waals surface area (Å²) in [5.74, 6) is 0. The van der Waals surface area contributed by atoms with Gasteiger partial charge in [0.15, 0.2) is 0 Å². The molecule has 1 aromatic carbocycles. The molecule has 1 aliphatic carbocycles. The molecular formula is C17H26N2. The first-order valence-corrected chi connectivity index (χ1v) is 7.76. The number of benzene rings is 1. The first kappa shape index (κ1) is 13.1. The van der Waals surface area contributed by atoms with Crippen molar-refractivity contribution in [2.75, 3.05) is 13.1 Å². The molecule has 1 saturated carbocycles. The van der Waals surface area contributed by atoms with E-state index in [0.29, 0.717) is 0 Å². The molecule has 2 nitrogen and oxygen atoms in total. The fraction of sp³-hybridized carbons (Fsp3) is 0.647. The van der Waals surface area contributed by atoms with E-state index in [1.807, 2.05) is 0 Å².